The highest BCUT2D eigenvalue weighted by molar-refractivity contribution is 5.74. The molecule has 0 aliphatic rings. The number of nitro benzene ring substituents is 1. The van der Waals surface area contributed by atoms with Gasteiger partial charge in [-0.1, -0.05) is 0 Å². The van der Waals surface area contributed by atoms with Crippen molar-refractivity contribution in [2.24, 2.45) is 0 Å². The smallest absolute Gasteiger partial charge is 0.310 e. The van der Waals surface area contributed by atoms with E-state index in [2.05, 4.69) is 4.74 Å². The summed E-state index contributed by atoms with van der Waals surface area (Å²) in [6.45, 7) is 1.73. The maximum absolute atomic E-state index is 13.2. The summed E-state index contributed by atoms with van der Waals surface area (Å²) in [5.41, 5.74) is -1.03. The molecule has 0 N–H and O–H groups in total. The maximum atomic E-state index is 13.2. The average Bonchev–Trinajstić information content (AvgIpc) is 2.28. The monoisotopic (exact) mass is 252 g/mol. The quantitative estimate of drug-likeness (QED) is 0.462. The van der Waals surface area contributed by atoms with Gasteiger partial charge in [-0.25, -0.2) is 4.39 Å². The second-order valence-corrected chi connectivity index (χ2v) is 3.31. The predicted octanol–water partition coefficient (Wildman–Crippen LogP) is 1.71. The van der Waals surface area contributed by atoms with Gasteiger partial charge >= 0.3 is 5.97 Å². The second-order valence-electron chi connectivity index (χ2n) is 3.31. The van der Waals surface area contributed by atoms with E-state index in [-0.39, 0.29) is 24.2 Å². The molecule has 94 valence electrons. The van der Waals surface area contributed by atoms with Crippen LogP contribution in [0, 0.1) is 27.3 Å². The average molecular weight is 252 g/mol. The van der Waals surface area contributed by atoms with Gasteiger partial charge in [-0.15, -0.1) is 0 Å². The molecule has 0 aliphatic heterocycles. The molecule has 0 heterocycles. The Kier molecular flexibility index (Phi) is 4.32. The van der Waals surface area contributed by atoms with E-state index in [4.69, 9.17) is 5.26 Å². The third kappa shape index (κ3) is 3.01. The van der Waals surface area contributed by atoms with Crippen LogP contribution < -0.4 is 0 Å². The molecule has 18 heavy (non-hydrogen) atoms. The van der Waals surface area contributed by atoms with E-state index in [0.717, 1.165) is 6.07 Å². The molecule has 0 aliphatic carbocycles. The Hall–Kier alpha value is -2.49. The predicted molar refractivity (Wildman–Crippen MR) is 58.1 cm³/mol. The van der Waals surface area contributed by atoms with Crippen LogP contribution in [0.25, 0.3) is 0 Å². The topological polar surface area (TPSA) is 93.2 Å². The number of carbonyl (C=O) groups is 1. The molecule has 0 saturated heterocycles. The number of benzene rings is 1. The van der Waals surface area contributed by atoms with E-state index in [1.165, 1.54) is 0 Å². The Labute approximate surface area is 102 Å². The zero-order valence-electron chi connectivity index (χ0n) is 9.47. The molecule has 0 unspecified atom stereocenters. The molecule has 0 fully saturated rings. The summed E-state index contributed by atoms with van der Waals surface area (Å²) in [6.07, 6.45) is -0.380. The molecule has 7 heteroatoms. The minimum absolute atomic E-state index is 0.0531. The third-order valence-corrected chi connectivity index (χ3v) is 2.11. The summed E-state index contributed by atoms with van der Waals surface area (Å²) in [5.74, 6) is -1.55. The third-order valence-electron chi connectivity index (χ3n) is 2.11. The van der Waals surface area contributed by atoms with Crippen molar-refractivity contribution in [2.45, 2.75) is 13.3 Å². The van der Waals surface area contributed by atoms with Crippen molar-refractivity contribution < 1.29 is 18.8 Å². The van der Waals surface area contributed by atoms with Crippen LogP contribution in [-0.4, -0.2) is 17.5 Å². The standard InChI is InChI=1S/C11H9FN2O4/c1-2-18-11(15)4-7-3-8(12)5-10(14(16)17)9(7)6-13/h3,5H,2,4H2,1H3. The fourth-order valence-corrected chi connectivity index (χ4v) is 1.43. The number of rotatable bonds is 4. The number of hydrogen-bond acceptors (Lipinski definition) is 5. The number of esters is 1. The minimum Gasteiger partial charge on any atom is -0.466 e. The number of nitriles is 1. The Balaban J connectivity index is 3.23. The van der Waals surface area contributed by atoms with Crippen molar-refractivity contribution >= 4 is 11.7 Å². The Morgan fingerprint density at radius 2 is 2.28 bits per heavy atom. The van der Waals surface area contributed by atoms with Crippen molar-refractivity contribution in [3.05, 3.63) is 39.2 Å². The van der Waals surface area contributed by atoms with Gasteiger partial charge in [0.2, 0.25) is 0 Å². The molecule has 0 spiro atoms. The van der Waals surface area contributed by atoms with Crippen LogP contribution in [0.1, 0.15) is 18.1 Å². The van der Waals surface area contributed by atoms with Gasteiger partial charge in [0.25, 0.3) is 5.69 Å². The summed E-state index contributed by atoms with van der Waals surface area (Å²) in [5, 5.41) is 19.5. The van der Waals surface area contributed by atoms with Crippen molar-refractivity contribution in [3.8, 4) is 6.07 Å². The normalized spacial score (nSPS) is 9.61. The van der Waals surface area contributed by atoms with Gasteiger partial charge in [-0.3, -0.25) is 14.9 Å². The summed E-state index contributed by atoms with van der Waals surface area (Å²) < 4.78 is 17.8. The van der Waals surface area contributed by atoms with Crippen LogP contribution in [0.15, 0.2) is 12.1 Å². The van der Waals surface area contributed by atoms with E-state index < -0.39 is 22.4 Å². The molecule has 0 amide bonds. The van der Waals surface area contributed by atoms with Crippen molar-refractivity contribution in [1.82, 2.24) is 0 Å². The van der Waals surface area contributed by atoms with Crippen LogP contribution in [-0.2, 0) is 16.0 Å². The van der Waals surface area contributed by atoms with Crippen LogP contribution in [0.3, 0.4) is 0 Å². The number of nitrogens with zero attached hydrogens (tertiary/aromatic N) is 2. The van der Waals surface area contributed by atoms with E-state index in [1.54, 1.807) is 13.0 Å². The Morgan fingerprint density at radius 1 is 1.61 bits per heavy atom. The highest BCUT2D eigenvalue weighted by atomic mass is 19.1. The molecule has 1 rings (SSSR count). The summed E-state index contributed by atoms with van der Waals surface area (Å²) in [4.78, 5) is 21.1. The Bertz CT molecular complexity index is 537. The van der Waals surface area contributed by atoms with E-state index in [1.807, 2.05) is 0 Å². The lowest BCUT2D eigenvalue weighted by Gasteiger charge is -2.05. The molecule has 1 aromatic carbocycles. The van der Waals surface area contributed by atoms with Crippen LogP contribution in [0.2, 0.25) is 0 Å². The van der Waals surface area contributed by atoms with E-state index in [9.17, 15) is 19.3 Å². The lowest BCUT2D eigenvalue weighted by atomic mass is 10.0. The number of hydrogen-bond donors (Lipinski definition) is 0. The van der Waals surface area contributed by atoms with Crippen LogP contribution in [0.5, 0.6) is 0 Å². The fraction of sp³-hybridized carbons (Fsp3) is 0.273. The van der Waals surface area contributed by atoms with Gasteiger partial charge in [0, 0.05) is 0 Å². The lowest BCUT2D eigenvalue weighted by Crippen LogP contribution is -2.10. The molecule has 0 radical (unpaired) electrons. The minimum atomic E-state index is -0.875. The molecule has 0 aromatic heterocycles. The van der Waals surface area contributed by atoms with E-state index >= 15 is 0 Å². The van der Waals surface area contributed by atoms with Gasteiger partial charge in [0.1, 0.15) is 17.4 Å². The summed E-state index contributed by atoms with van der Waals surface area (Å²) in [7, 11) is 0. The molecule has 1 aromatic rings. The maximum Gasteiger partial charge on any atom is 0.310 e. The highest BCUT2D eigenvalue weighted by Gasteiger charge is 2.21. The second kappa shape index (κ2) is 5.72. The van der Waals surface area contributed by atoms with Crippen molar-refractivity contribution in [1.29, 1.82) is 5.26 Å². The first-order valence-electron chi connectivity index (χ1n) is 5.02. The summed E-state index contributed by atoms with van der Waals surface area (Å²) in [6, 6.07) is 3.17. The van der Waals surface area contributed by atoms with E-state index in [0.29, 0.717) is 6.07 Å². The van der Waals surface area contributed by atoms with Gasteiger partial charge in [0.05, 0.1) is 24.0 Å². The van der Waals surface area contributed by atoms with Crippen LogP contribution >= 0.6 is 0 Å². The van der Waals surface area contributed by atoms with Crippen molar-refractivity contribution in [3.63, 3.8) is 0 Å². The lowest BCUT2D eigenvalue weighted by molar-refractivity contribution is -0.385. The molecular formula is C11H9FN2O4. The molecule has 0 atom stereocenters. The molecule has 6 nitrogen and oxygen atoms in total. The first-order valence-corrected chi connectivity index (χ1v) is 5.02. The largest absolute Gasteiger partial charge is 0.466 e. The zero-order chi connectivity index (χ0) is 13.7. The first kappa shape index (κ1) is 13.6. The number of ether oxygens (including phenoxy) is 1. The van der Waals surface area contributed by atoms with Gasteiger partial charge in [-0.05, 0) is 18.6 Å². The highest BCUT2D eigenvalue weighted by Crippen LogP contribution is 2.24. The molecule has 0 bridgehead atoms. The molecule has 0 saturated carbocycles. The number of nitro groups is 1. The fourth-order valence-electron chi connectivity index (χ4n) is 1.43. The van der Waals surface area contributed by atoms with Gasteiger partial charge < -0.3 is 4.74 Å². The summed E-state index contributed by atoms with van der Waals surface area (Å²) >= 11 is 0. The van der Waals surface area contributed by atoms with Crippen LogP contribution in [0.4, 0.5) is 10.1 Å². The van der Waals surface area contributed by atoms with Gasteiger partial charge in [-0.2, -0.15) is 5.26 Å². The Morgan fingerprint density at radius 3 is 2.78 bits per heavy atom. The number of carbonyl (C=O) groups excluding carboxylic acids is 1. The molecular weight excluding hydrogens is 243 g/mol. The first-order chi connectivity index (χ1) is 8.49. The van der Waals surface area contributed by atoms with Gasteiger partial charge in [0.15, 0.2) is 0 Å². The van der Waals surface area contributed by atoms with Crippen molar-refractivity contribution in [2.75, 3.05) is 6.61 Å². The SMILES string of the molecule is CCOC(=O)Cc1cc(F)cc([N+](=O)[O-])c1C#N. The number of halogens is 1. The zero-order valence-corrected chi connectivity index (χ0v) is 9.47.